The second-order valence-corrected chi connectivity index (χ2v) is 5.87. The van der Waals surface area contributed by atoms with Gasteiger partial charge in [0.2, 0.25) is 0 Å². The highest BCUT2D eigenvalue weighted by Gasteiger charge is 2.44. The highest BCUT2D eigenvalue weighted by Crippen LogP contribution is 2.57. The van der Waals surface area contributed by atoms with Crippen LogP contribution in [0.15, 0.2) is 0 Å². The third-order valence-corrected chi connectivity index (χ3v) is 4.88. The van der Waals surface area contributed by atoms with Crippen molar-refractivity contribution in [2.75, 3.05) is 19.9 Å². The third-order valence-electron chi connectivity index (χ3n) is 2.74. The van der Waals surface area contributed by atoms with E-state index in [0.29, 0.717) is 12.8 Å². The molecule has 0 radical (unpaired) electrons. The van der Waals surface area contributed by atoms with Crippen LogP contribution in [-0.4, -0.2) is 19.9 Å². The van der Waals surface area contributed by atoms with Crippen LogP contribution in [0.5, 0.6) is 0 Å². The van der Waals surface area contributed by atoms with Gasteiger partial charge in [0.25, 0.3) is 0 Å². The van der Waals surface area contributed by atoms with E-state index in [2.05, 4.69) is 5.92 Å². The van der Waals surface area contributed by atoms with Crippen LogP contribution in [0.3, 0.4) is 0 Å². The molecule has 4 heteroatoms. The Morgan fingerprint density at radius 1 is 1.77 bits per heavy atom. The predicted octanol–water partition coefficient (Wildman–Crippen LogP) is 2.13. The molecule has 0 aromatic heterocycles. The van der Waals surface area contributed by atoms with E-state index < -0.39 is 7.60 Å². The van der Waals surface area contributed by atoms with Crippen molar-refractivity contribution in [1.82, 2.24) is 0 Å². The molecule has 0 aromatic rings. The first-order chi connectivity index (χ1) is 5.96. The standard InChI is InChI=1S/C9H15O3P/c1-5-9(3)7-13(10,11-4)12-6-8(9)2/h1,8H,6-7H2,2-4H3. The molecule has 0 saturated carbocycles. The normalized spacial score (nSPS) is 45.5. The van der Waals surface area contributed by atoms with Crippen molar-refractivity contribution in [2.24, 2.45) is 11.3 Å². The maximum Gasteiger partial charge on any atom is 0.331 e. The first-order valence-electron chi connectivity index (χ1n) is 4.23. The molecule has 1 rings (SSSR count). The van der Waals surface area contributed by atoms with Gasteiger partial charge in [-0.15, -0.1) is 6.42 Å². The van der Waals surface area contributed by atoms with Gasteiger partial charge >= 0.3 is 7.60 Å². The van der Waals surface area contributed by atoms with Gasteiger partial charge in [0.05, 0.1) is 12.8 Å². The van der Waals surface area contributed by atoms with Gasteiger partial charge in [-0.3, -0.25) is 4.57 Å². The second kappa shape index (κ2) is 3.46. The monoisotopic (exact) mass is 202 g/mol. The molecule has 0 N–H and O–H groups in total. The Morgan fingerprint density at radius 2 is 2.38 bits per heavy atom. The molecular formula is C9H15O3P. The SMILES string of the molecule is C#CC1(C)CP(=O)(OC)OCC1C. The zero-order valence-electron chi connectivity index (χ0n) is 8.24. The molecule has 1 heterocycles. The molecule has 0 aromatic carbocycles. The van der Waals surface area contributed by atoms with Gasteiger partial charge in [0, 0.05) is 12.5 Å². The fraction of sp³-hybridized carbons (Fsp3) is 0.778. The maximum absolute atomic E-state index is 11.8. The Bertz CT molecular complexity index is 281. The van der Waals surface area contributed by atoms with Crippen molar-refractivity contribution in [1.29, 1.82) is 0 Å². The van der Waals surface area contributed by atoms with E-state index in [1.54, 1.807) is 0 Å². The van der Waals surface area contributed by atoms with Crippen LogP contribution < -0.4 is 0 Å². The van der Waals surface area contributed by atoms with Gasteiger partial charge in [0.1, 0.15) is 0 Å². The lowest BCUT2D eigenvalue weighted by molar-refractivity contribution is 0.122. The van der Waals surface area contributed by atoms with E-state index in [9.17, 15) is 4.57 Å². The zero-order chi connectivity index (χ0) is 10.1. The average molecular weight is 202 g/mol. The number of terminal acetylenes is 1. The van der Waals surface area contributed by atoms with E-state index in [1.165, 1.54) is 7.11 Å². The molecule has 3 unspecified atom stereocenters. The smallest absolute Gasteiger partial charge is 0.312 e. The fourth-order valence-electron chi connectivity index (χ4n) is 1.32. The van der Waals surface area contributed by atoms with Crippen molar-refractivity contribution in [3.05, 3.63) is 0 Å². The molecule has 3 atom stereocenters. The third kappa shape index (κ3) is 1.96. The van der Waals surface area contributed by atoms with E-state index in [-0.39, 0.29) is 11.3 Å². The fourth-order valence-corrected chi connectivity index (χ4v) is 3.30. The number of hydrogen-bond donors (Lipinski definition) is 0. The van der Waals surface area contributed by atoms with E-state index in [4.69, 9.17) is 15.5 Å². The van der Waals surface area contributed by atoms with E-state index in [1.807, 2.05) is 13.8 Å². The first-order valence-corrected chi connectivity index (χ1v) is 5.96. The van der Waals surface area contributed by atoms with E-state index in [0.717, 1.165) is 0 Å². The Hall–Kier alpha value is -0.290. The summed E-state index contributed by atoms with van der Waals surface area (Å²) in [5.41, 5.74) is -0.371. The Labute approximate surface area is 79.3 Å². The van der Waals surface area contributed by atoms with Crippen LogP contribution in [0, 0.1) is 23.7 Å². The maximum atomic E-state index is 11.8. The molecular weight excluding hydrogens is 187 g/mol. The van der Waals surface area contributed by atoms with Crippen LogP contribution >= 0.6 is 7.60 Å². The minimum absolute atomic E-state index is 0.217. The Morgan fingerprint density at radius 3 is 2.85 bits per heavy atom. The summed E-state index contributed by atoms with van der Waals surface area (Å²) in [6.07, 6.45) is 5.74. The molecule has 3 nitrogen and oxygen atoms in total. The highest BCUT2D eigenvalue weighted by atomic mass is 31.2. The van der Waals surface area contributed by atoms with Crippen molar-refractivity contribution in [3.8, 4) is 12.3 Å². The van der Waals surface area contributed by atoms with Crippen molar-refractivity contribution >= 4 is 7.60 Å². The van der Waals surface area contributed by atoms with Crippen molar-refractivity contribution in [2.45, 2.75) is 13.8 Å². The van der Waals surface area contributed by atoms with Crippen LogP contribution in [0.4, 0.5) is 0 Å². The molecule has 0 amide bonds. The van der Waals surface area contributed by atoms with E-state index >= 15 is 0 Å². The number of rotatable bonds is 1. The van der Waals surface area contributed by atoms with Crippen molar-refractivity contribution < 1.29 is 13.6 Å². The van der Waals surface area contributed by atoms with Gasteiger partial charge in [0.15, 0.2) is 0 Å². The molecule has 1 saturated heterocycles. The minimum Gasteiger partial charge on any atom is -0.312 e. The van der Waals surface area contributed by atoms with Gasteiger partial charge in [-0.1, -0.05) is 12.8 Å². The summed E-state index contributed by atoms with van der Waals surface area (Å²) < 4.78 is 21.8. The van der Waals surface area contributed by atoms with Crippen LogP contribution in [0.2, 0.25) is 0 Å². The Balaban J connectivity index is 2.88. The lowest BCUT2D eigenvalue weighted by Crippen LogP contribution is -2.35. The predicted molar refractivity (Wildman–Crippen MR) is 51.5 cm³/mol. The Kier molecular flexibility index (Phi) is 2.87. The molecule has 0 bridgehead atoms. The molecule has 1 fully saturated rings. The summed E-state index contributed by atoms with van der Waals surface area (Å²) >= 11 is 0. The summed E-state index contributed by atoms with van der Waals surface area (Å²) in [5.74, 6) is 2.90. The lowest BCUT2D eigenvalue weighted by Gasteiger charge is -2.38. The molecule has 0 spiro atoms. The van der Waals surface area contributed by atoms with Gasteiger partial charge in [-0.05, 0) is 12.8 Å². The summed E-state index contributed by atoms with van der Waals surface area (Å²) in [7, 11) is -1.52. The molecule has 1 aliphatic rings. The summed E-state index contributed by atoms with van der Waals surface area (Å²) in [4.78, 5) is 0. The van der Waals surface area contributed by atoms with Crippen LogP contribution in [0.25, 0.3) is 0 Å². The lowest BCUT2D eigenvalue weighted by atomic mass is 9.81. The van der Waals surface area contributed by atoms with Gasteiger partial charge in [-0.25, -0.2) is 0 Å². The second-order valence-electron chi connectivity index (χ2n) is 3.71. The molecule has 0 aliphatic carbocycles. The van der Waals surface area contributed by atoms with Crippen LogP contribution in [-0.2, 0) is 13.6 Å². The largest absolute Gasteiger partial charge is 0.331 e. The zero-order valence-corrected chi connectivity index (χ0v) is 9.14. The summed E-state index contributed by atoms with van der Waals surface area (Å²) in [5, 5.41) is 0. The van der Waals surface area contributed by atoms with Gasteiger partial charge < -0.3 is 9.05 Å². The summed E-state index contributed by atoms with van der Waals surface area (Å²) in [6, 6.07) is 0. The molecule has 13 heavy (non-hydrogen) atoms. The summed E-state index contributed by atoms with van der Waals surface area (Å²) in [6.45, 7) is 4.33. The average Bonchev–Trinajstić information content (AvgIpc) is 2.12. The highest BCUT2D eigenvalue weighted by molar-refractivity contribution is 7.53. The number of hydrogen-bond acceptors (Lipinski definition) is 3. The minimum atomic E-state index is -2.91. The molecule has 74 valence electrons. The van der Waals surface area contributed by atoms with Crippen molar-refractivity contribution in [3.63, 3.8) is 0 Å². The quantitative estimate of drug-likeness (QED) is 0.482. The first kappa shape index (κ1) is 10.8. The topological polar surface area (TPSA) is 35.5 Å². The molecule has 1 aliphatic heterocycles. The van der Waals surface area contributed by atoms with Gasteiger partial charge in [-0.2, -0.15) is 0 Å². The van der Waals surface area contributed by atoms with Crippen LogP contribution in [0.1, 0.15) is 13.8 Å².